The maximum atomic E-state index is 11.6. The normalized spacial score (nSPS) is 17.7. The fourth-order valence-electron chi connectivity index (χ4n) is 3.14. The summed E-state index contributed by atoms with van der Waals surface area (Å²) in [6.45, 7) is 0. The molecule has 2 atom stereocenters. The van der Waals surface area contributed by atoms with E-state index in [-0.39, 0.29) is 5.92 Å². The highest BCUT2D eigenvalue weighted by atomic mass is 79.9. The number of hydrogen-bond donors (Lipinski definition) is 1. The minimum absolute atomic E-state index is 0.322. The van der Waals surface area contributed by atoms with Gasteiger partial charge in [-0.15, -0.1) is 0 Å². The summed E-state index contributed by atoms with van der Waals surface area (Å²) in [6.07, 6.45) is 2.32. The first-order valence-electron chi connectivity index (χ1n) is 7.18. The van der Waals surface area contributed by atoms with Gasteiger partial charge in [-0.25, -0.2) is 0 Å². The Kier molecular flexibility index (Phi) is 4.11. The monoisotopic (exact) mass is 344 g/mol. The summed E-state index contributed by atoms with van der Waals surface area (Å²) in [5, 5.41) is 9.51. The van der Waals surface area contributed by atoms with Crippen molar-refractivity contribution in [1.29, 1.82) is 0 Å². The van der Waals surface area contributed by atoms with Crippen LogP contribution in [0.15, 0.2) is 53.0 Å². The highest BCUT2D eigenvalue weighted by Gasteiger charge is 2.30. The number of benzene rings is 2. The molecule has 0 bridgehead atoms. The van der Waals surface area contributed by atoms with Crippen molar-refractivity contribution in [3.05, 3.63) is 69.7 Å². The van der Waals surface area contributed by atoms with Crippen molar-refractivity contribution < 1.29 is 9.90 Å². The van der Waals surface area contributed by atoms with Crippen LogP contribution in [0.1, 0.15) is 29.0 Å². The zero-order chi connectivity index (χ0) is 14.8. The number of halogens is 1. The zero-order valence-electron chi connectivity index (χ0n) is 11.6. The van der Waals surface area contributed by atoms with Gasteiger partial charge in [0.05, 0.1) is 5.92 Å². The number of aliphatic carboxylic acids is 1. The predicted molar refractivity (Wildman–Crippen MR) is 86.5 cm³/mol. The van der Waals surface area contributed by atoms with Crippen LogP contribution in [0.5, 0.6) is 0 Å². The van der Waals surface area contributed by atoms with Crippen LogP contribution in [-0.4, -0.2) is 11.1 Å². The molecule has 0 heterocycles. The van der Waals surface area contributed by atoms with Crippen LogP contribution in [0.3, 0.4) is 0 Å². The molecule has 0 radical (unpaired) electrons. The molecule has 1 N–H and O–H groups in total. The Hall–Kier alpha value is -1.61. The number of fused-ring (bicyclic) bond motifs is 1. The Morgan fingerprint density at radius 2 is 2.05 bits per heavy atom. The van der Waals surface area contributed by atoms with Crippen LogP contribution >= 0.6 is 15.9 Å². The zero-order valence-corrected chi connectivity index (χ0v) is 13.2. The van der Waals surface area contributed by atoms with E-state index < -0.39 is 5.97 Å². The highest BCUT2D eigenvalue weighted by Crippen LogP contribution is 2.39. The largest absolute Gasteiger partial charge is 0.481 e. The van der Waals surface area contributed by atoms with E-state index in [1.54, 1.807) is 0 Å². The summed E-state index contributed by atoms with van der Waals surface area (Å²) in [4.78, 5) is 11.6. The van der Waals surface area contributed by atoms with Crippen molar-refractivity contribution in [3.63, 3.8) is 0 Å². The van der Waals surface area contributed by atoms with Gasteiger partial charge in [-0.1, -0.05) is 52.3 Å². The summed E-state index contributed by atoms with van der Waals surface area (Å²) in [6, 6.07) is 16.3. The molecule has 0 fully saturated rings. The molecule has 2 aromatic rings. The maximum Gasteiger partial charge on any atom is 0.306 e. The van der Waals surface area contributed by atoms with Gasteiger partial charge in [-0.2, -0.15) is 0 Å². The molecular formula is C18H17BrO2. The standard InChI is InChI=1S/C18H17BrO2/c19-16-6-3-4-12(9-16)8-15(18(20)21)11-14-10-13-5-1-2-7-17(13)14/h1-7,9,14-15H,8,10-11H2,(H,20,21). The summed E-state index contributed by atoms with van der Waals surface area (Å²) < 4.78 is 0.998. The van der Waals surface area contributed by atoms with Gasteiger partial charge in [-0.3, -0.25) is 4.79 Å². The van der Waals surface area contributed by atoms with Crippen LogP contribution in [0, 0.1) is 5.92 Å². The molecule has 2 unspecified atom stereocenters. The number of hydrogen-bond acceptors (Lipinski definition) is 1. The first-order chi connectivity index (χ1) is 10.1. The summed E-state index contributed by atoms with van der Waals surface area (Å²) >= 11 is 3.44. The van der Waals surface area contributed by atoms with Gasteiger partial charge in [0.25, 0.3) is 0 Å². The maximum absolute atomic E-state index is 11.6. The van der Waals surface area contributed by atoms with Crippen molar-refractivity contribution in [1.82, 2.24) is 0 Å². The summed E-state index contributed by atoms with van der Waals surface area (Å²) in [5.74, 6) is -0.619. The van der Waals surface area contributed by atoms with Gasteiger partial charge in [-0.05, 0) is 54.0 Å². The predicted octanol–water partition coefficient (Wildman–Crippen LogP) is 4.42. The second kappa shape index (κ2) is 6.02. The third-order valence-corrected chi connectivity index (χ3v) is 4.74. The Balaban J connectivity index is 1.71. The molecule has 0 saturated heterocycles. The third kappa shape index (κ3) is 3.18. The molecule has 21 heavy (non-hydrogen) atoms. The summed E-state index contributed by atoms with van der Waals surface area (Å²) in [5.41, 5.74) is 3.77. The number of carboxylic acid groups (broad SMARTS) is 1. The van der Waals surface area contributed by atoms with Crippen LogP contribution < -0.4 is 0 Å². The van der Waals surface area contributed by atoms with Crippen LogP contribution in [0.4, 0.5) is 0 Å². The van der Waals surface area contributed by atoms with Gasteiger partial charge in [0.1, 0.15) is 0 Å². The van der Waals surface area contributed by atoms with E-state index >= 15 is 0 Å². The molecule has 2 aromatic carbocycles. The minimum Gasteiger partial charge on any atom is -0.481 e. The second-order valence-electron chi connectivity index (χ2n) is 5.70. The summed E-state index contributed by atoms with van der Waals surface area (Å²) in [7, 11) is 0. The molecule has 1 aliphatic rings. The Morgan fingerprint density at radius 3 is 2.76 bits per heavy atom. The number of rotatable bonds is 5. The van der Waals surface area contributed by atoms with Crippen LogP contribution in [0.2, 0.25) is 0 Å². The molecule has 108 valence electrons. The van der Waals surface area contributed by atoms with Gasteiger partial charge in [0.2, 0.25) is 0 Å². The van der Waals surface area contributed by atoms with Crippen molar-refractivity contribution in [2.45, 2.75) is 25.2 Å². The molecule has 0 spiro atoms. The molecule has 1 aliphatic carbocycles. The fraction of sp³-hybridized carbons (Fsp3) is 0.278. The van der Waals surface area contributed by atoms with Gasteiger partial charge in [0, 0.05) is 4.47 Å². The molecule has 0 aromatic heterocycles. The van der Waals surface area contributed by atoms with E-state index in [2.05, 4.69) is 28.1 Å². The first kappa shape index (κ1) is 14.3. The lowest BCUT2D eigenvalue weighted by Gasteiger charge is -2.32. The number of carboxylic acids is 1. The molecule has 0 saturated carbocycles. The molecule has 0 amide bonds. The molecule has 3 heteroatoms. The molecule has 2 nitrogen and oxygen atoms in total. The Bertz CT molecular complexity index is 666. The van der Waals surface area contributed by atoms with E-state index in [1.807, 2.05) is 36.4 Å². The van der Waals surface area contributed by atoms with E-state index in [0.29, 0.717) is 12.3 Å². The molecule has 0 aliphatic heterocycles. The van der Waals surface area contributed by atoms with Crippen molar-refractivity contribution >= 4 is 21.9 Å². The first-order valence-corrected chi connectivity index (χ1v) is 7.98. The van der Waals surface area contributed by atoms with E-state index in [4.69, 9.17) is 0 Å². The quantitative estimate of drug-likeness (QED) is 0.871. The van der Waals surface area contributed by atoms with E-state index in [0.717, 1.165) is 22.9 Å². The average molecular weight is 345 g/mol. The SMILES string of the molecule is O=C(O)C(Cc1cccc(Br)c1)CC1Cc2ccccc21. The van der Waals surface area contributed by atoms with Gasteiger partial charge < -0.3 is 5.11 Å². The highest BCUT2D eigenvalue weighted by molar-refractivity contribution is 9.10. The Morgan fingerprint density at radius 1 is 1.24 bits per heavy atom. The van der Waals surface area contributed by atoms with E-state index in [1.165, 1.54) is 11.1 Å². The van der Waals surface area contributed by atoms with Crippen molar-refractivity contribution in [2.24, 2.45) is 5.92 Å². The van der Waals surface area contributed by atoms with Crippen molar-refractivity contribution in [2.75, 3.05) is 0 Å². The van der Waals surface area contributed by atoms with Crippen LogP contribution in [0.25, 0.3) is 0 Å². The van der Waals surface area contributed by atoms with Crippen molar-refractivity contribution in [3.8, 4) is 0 Å². The minimum atomic E-state index is -0.695. The molecular weight excluding hydrogens is 328 g/mol. The average Bonchev–Trinajstić information content (AvgIpc) is 2.43. The van der Waals surface area contributed by atoms with Gasteiger partial charge in [0.15, 0.2) is 0 Å². The smallest absolute Gasteiger partial charge is 0.306 e. The lowest BCUT2D eigenvalue weighted by molar-refractivity contribution is -0.142. The lowest BCUT2D eigenvalue weighted by Crippen LogP contribution is -2.25. The van der Waals surface area contributed by atoms with Crippen LogP contribution in [-0.2, 0) is 17.6 Å². The lowest BCUT2D eigenvalue weighted by atomic mass is 9.72. The number of carbonyl (C=O) groups is 1. The van der Waals surface area contributed by atoms with Gasteiger partial charge >= 0.3 is 5.97 Å². The van der Waals surface area contributed by atoms with E-state index in [9.17, 15) is 9.90 Å². The Labute approximate surface area is 132 Å². The molecule has 3 rings (SSSR count). The topological polar surface area (TPSA) is 37.3 Å². The second-order valence-corrected chi connectivity index (χ2v) is 6.62. The fourth-order valence-corrected chi connectivity index (χ4v) is 3.58. The third-order valence-electron chi connectivity index (χ3n) is 4.25.